The second-order valence-electron chi connectivity index (χ2n) is 6.74. The number of amidine groups is 1. The Balaban J connectivity index is 1.51. The number of H-pyrrole nitrogens is 1. The fourth-order valence-electron chi connectivity index (χ4n) is 3.25. The highest BCUT2D eigenvalue weighted by Gasteiger charge is 2.33. The van der Waals surface area contributed by atoms with Crippen LogP contribution in [0.25, 0.3) is 27.6 Å². The molecule has 1 amide bonds. The van der Waals surface area contributed by atoms with Gasteiger partial charge in [0.05, 0.1) is 27.0 Å². The molecule has 0 radical (unpaired) electrons. The molecule has 0 spiro atoms. The normalized spacial score (nSPS) is 16.6. The van der Waals surface area contributed by atoms with Crippen LogP contribution >= 0.6 is 23.1 Å². The number of thioether (sulfide) groups is 1. The molecule has 0 bridgehead atoms. The van der Waals surface area contributed by atoms with Crippen molar-refractivity contribution in [3.8, 4) is 11.3 Å². The molecule has 4 aromatic rings. The smallest absolute Gasteiger partial charge is 0.267 e. The minimum atomic E-state index is -0.107. The van der Waals surface area contributed by atoms with Crippen molar-refractivity contribution in [1.82, 2.24) is 20.1 Å². The zero-order valence-corrected chi connectivity index (χ0v) is 18.0. The highest BCUT2D eigenvalue weighted by Crippen LogP contribution is 2.37. The second-order valence-corrected chi connectivity index (χ2v) is 8.76. The topological polar surface area (TPSA) is 74.2 Å². The molecular weight excluding hydrogens is 426 g/mol. The zero-order chi connectivity index (χ0) is 21.2. The molecule has 1 aliphatic heterocycles. The van der Waals surface area contributed by atoms with Gasteiger partial charge in [-0.15, -0.1) is 6.58 Å². The number of aromatic nitrogens is 3. The lowest BCUT2D eigenvalue weighted by atomic mass is 10.1. The molecule has 8 heteroatoms. The first-order valence-corrected chi connectivity index (χ1v) is 11.2. The van der Waals surface area contributed by atoms with Gasteiger partial charge >= 0.3 is 0 Å². The van der Waals surface area contributed by atoms with Gasteiger partial charge in [0.1, 0.15) is 0 Å². The Morgan fingerprint density at radius 3 is 2.74 bits per heavy atom. The van der Waals surface area contributed by atoms with Crippen LogP contribution in [-0.4, -0.2) is 37.7 Å². The number of nitrogens with zero attached hydrogens (tertiary/aromatic N) is 4. The highest BCUT2D eigenvalue weighted by molar-refractivity contribution is 8.18. The van der Waals surface area contributed by atoms with Gasteiger partial charge in [-0.05, 0) is 30.0 Å². The molecule has 2 aromatic carbocycles. The number of thiazole rings is 1. The van der Waals surface area contributed by atoms with Crippen LogP contribution in [0.1, 0.15) is 5.56 Å². The van der Waals surface area contributed by atoms with Crippen LogP contribution in [0.4, 0.5) is 5.13 Å². The molecule has 31 heavy (non-hydrogen) atoms. The van der Waals surface area contributed by atoms with Gasteiger partial charge in [0.15, 0.2) is 5.17 Å². The minimum Gasteiger partial charge on any atom is -0.282 e. The molecule has 5 rings (SSSR count). The van der Waals surface area contributed by atoms with Crippen LogP contribution in [-0.2, 0) is 4.79 Å². The van der Waals surface area contributed by atoms with Crippen LogP contribution in [0.2, 0.25) is 0 Å². The molecule has 2 aromatic heterocycles. The number of aromatic amines is 1. The Labute approximate surface area is 187 Å². The van der Waals surface area contributed by atoms with Crippen molar-refractivity contribution < 1.29 is 4.79 Å². The van der Waals surface area contributed by atoms with Crippen molar-refractivity contribution in [2.24, 2.45) is 4.99 Å². The van der Waals surface area contributed by atoms with E-state index in [9.17, 15) is 4.79 Å². The zero-order valence-electron chi connectivity index (χ0n) is 16.4. The molecule has 1 fully saturated rings. The van der Waals surface area contributed by atoms with Crippen LogP contribution < -0.4 is 0 Å². The second kappa shape index (κ2) is 8.33. The molecule has 152 valence electrons. The first-order valence-electron chi connectivity index (χ1n) is 9.58. The van der Waals surface area contributed by atoms with Crippen molar-refractivity contribution >= 4 is 55.6 Å². The van der Waals surface area contributed by atoms with Crippen LogP contribution in [0.5, 0.6) is 0 Å². The van der Waals surface area contributed by atoms with Gasteiger partial charge in [-0.25, -0.2) is 4.98 Å². The van der Waals surface area contributed by atoms with Gasteiger partial charge in [0, 0.05) is 17.7 Å². The van der Waals surface area contributed by atoms with Crippen molar-refractivity contribution in [2.75, 3.05) is 6.54 Å². The number of hydrogen-bond acceptors (Lipinski definition) is 6. The summed E-state index contributed by atoms with van der Waals surface area (Å²) < 4.78 is 1.06. The maximum atomic E-state index is 13.1. The lowest BCUT2D eigenvalue weighted by molar-refractivity contribution is -0.121. The van der Waals surface area contributed by atoms with E-state index < -0.39 is 0 Å². The van der Waals surface area contributed by atoms with Gasteiger partial charge in [0.2, 0.25) is 5.13 Å². The van der Waals surface area contributed by atoms with Gasteiger partial charge < -0.3 is 0 Å². The van der Waals surface area contributed by atoms with E-state index >= 15 is 0 Å². The molecule has 3 heterocycles. The number of carbonyl (C=O) groups excluding carboxylic acids is 1. The molecular formula is C23H17N5OS2. The van der Waals surface area contributed by atoms with Gasteiger partial charge in [-0.1, -0.05) is 59.9 Å². The van der Waals surface area contributed by atoms with Gasteiger partial charge in [-0.3, -0.25) is 14.8 Å². The predicted molar refractivity (Wildman–Crippen MR) is 128 cm³/mol. The van der Waals surface area contributed by atoms with E-state index in [1.807, 2.05) is 60.7 Å². The van der Waals surface area contributed by atoms with Crippen molar-refractivity contribution in [3.05, 3.63) is 83.9 Å². The molecule has 0 atom stereocenters. The summed E-state index contributed by atoms with van der Waals surface area (Å²) in [6.07, 6.45) is 5.28. The Bertz CT molecular complexity index is 1300. The van der Waals surface area contributed by atoms with Crippen LogP contribution in [0, 0.1) is 0 Å². The average Bonchev–Trinajstić information content (AvgIpc) is 3.49. The molecule has 1 N–H and O–H groups in total. The summed E-state index contributed by atoms with van der Waals surface area (Å²) in [5.74, 6) is -0.107. The summed E-state index contributed by atoms with van der Waals surface area (Å²) >= 11 is 2.84. The summed E-state index contributed by atoms with van der Waals surface area (Å²) in [7, 11) is 0. The molecule has 1 aliphatic rings. The third-order valence-corrected chi connectivity index (χ3v) is 6.63. The first-order chi connectivity index (χ1) is 15.2. The maximum absolute atomic E-state index is 13.1. The summed E-state index contributed by atoms with van der Waals surface area (Å²) in [5.41, 5.74) is 3.63. The van der Waals surface area contributed by atoms with E-state index in [2.05, 4.69) is 26.8 Å². The van der Waals surface area contributed by atoms with Crippen molar-refractivity contribution in [3.63, 3.8) is 0 Å². The van der Waals surface area contributed by atoms with Gasteiger partial charge in [0.25, 0.3) is 5.91 Å². The number of benzene rings is 2. The largest absolute Gasteiger partial charge is 0.282 e. The van der Waals surface area contributed by atoms with Crippen molar-refractivity contribution in [2.45, 2.75) is 0 Å². The summed E-state index contributed by atoms with van der Waals surface area (Å²) in [5, 5.41) is 8.43. The fraction of sp³-hybridized carbons (Fsp3) is 0.0435. The number of fused-ring (bicyclic) bond motifs is 1. The number of para-hydroxylation sites is 1. The number of nitrogens with one attached hydrogen (secondary N) is 1. The summed E-state index contributed by atoms with van der Waals surface area (Å²) in [4.78, 5) is 24.6. The number of carbonyl (C=O) groups is 1. The number of amides is 1. The molecule has 0 saturated carbocycles. The summed E-state index contributed by atoms with van der Waals surface area (Å²) in [6, 6.07) is 17.8. The summed E-state index contributed by atoms with van der Waals surface area (Å²) in [6.45, 7) is 4.16. The fourth-order valence-corrected chi connectivity index (χ4v) is 5.13. The van der Waals surface area contributed by atoms with E-state index in [-0.39, 0.29) is 5.91 Å². The molecule has 0 aliphatic carbocycles. The lowest BCUT2D eigenvalue weighted by Crippen LogP contribution is -2.29. The highest BCUT2D eigenvalue weighted by atomic mass is 32.2. The lowest BCUT2D eigenvalue weighted by Gasteiger charge is -2.11. The molecule has 6 nitrogen and oxygen atoms in total. The van der Waals surface area contributed by atoms with Crippen molar-refractivity contribution in [1.29, 1.82) is 0 Å². The Morgan fingerprint density at radius 2 is 1.94 bits per heavy atom. The Morgan fingerprint density at radius 1 is 1.13 bits per heavy atom. The number of aliphatic imine (C=N–C) groups is 1. The standard InChI is InChI=1S/C23H17N5OS2/c1-2-12-28-21(29)19(13-16-14-24-27-20(16)15-8-4-3-5-9-15)31-23(28)26-22-25-17-10-6-7-11-18(17)30-22/h2-11,13-14H,1,12H2,(H,24,27). The SMILES string of the molecule is C=CCN1C(=O)C(=Cc2cn[nH]c2-c2ccccc2)SC1=Nc1nc2ccccc2s1. The number of rotatable bonds is 5. The quantitative estimate of drug-likeness (QED) is 0.328. The van der Waals surface area contributed by atoms with E-state index in [0.29, 0.717) is 21.7 Å². The average molecular weight is 444 g/mol. The Hall–Kier alpha value is -3.49. The number of hydrogen-bond donors (Lipinski definition) is 1. The minimum absolute atomic E-state index is 0.107. The van der Waals surface area contributed by atoms with E-state index in [1.165, 1.54) is 23.1 Å². The Kier molecular flexibility index (Phi) is 5.23. The maximum Gasteiger partial charge on any atom is 0.267 e. The van der Waals surface area contributed by atoms with E-state index in [4.69, 9.17) is 0 Å². The van der Waals surface area contributed by atoms with Gasteiger partial charge in [-0.2, -0.15) is 10.1 Å². The predicted octanol–water partition coefficient (Wildman–Crippen LogP) is 5.48. The first kappa shape index (κ1) is 19.5. The molecule has 1 saturated heterocycles. The third kappa shape index (κ3) is 3.83. The molecule has 0 unspecified atom stereocenters. The van der Waals surface area contributed by atoms with E-state index in [0.717, 1.165) is 27.0 Å². The van der Waals surface area contributed by atoms with Crippen LogP contribution in [0.15, 0.2) is 83.3 Å². The van der Waals surface area contributed by atoms with Crippen LogP contribution in [0.3, 0.4) is 0 Å². The monoisotopic (exact) mass is 443 g/mol. The third-order valence-electron chi connectivity index (χ3n) is 4.69. The van der Waals surface area contributed by atoms with E-state index in [1.54, 1.807) is 17.2 Å².